The van der Waals surface area contributed by atoms with Crippen molar-refractivity contribution >= 4 is 21.7 Å². The van der Waals surface area contributed by atoms with E-state index >= 15 is 0 Å². The first-order valence-electron chi connectivity index (χ1n) is 11.6. The molecule has 0 spiro atoms. The molecular formula is C27H33NO5S. The van der Waals surface area contributed by atoms with E-state index in [9.17, 15) is 8.42 Å². The van der Waals surface area contributed by atoms with Gasteiger partial charge in [-0.3, -0.25) is 0 Å². The summed E-state index contributed by atoms with van der Waals surface area (Å²) >= 11 is 0. The van der Waals surface area contributed by atoms with Crippen molar-refractivity contribution in [3.8, 4) is 11.5 Å². The zero-order valence-electron chi connectivity index (χ0n) is 20.8. The molecule has 1 fully saturated rings. The summed E-state index contributed by atoms with van der Waals surface area (Å²) in [5.74, 6) is 0.948. The zero-order chi connectivity index (χ0) is 24.6. The van der Waals surface area contributed by atoms with E-state index in [4.69, 9.17) is 14.2 Å². The quantitative estimate of drug-likeness (QED) is 0.590. The Bertz CT molecular complexity index is 1260. The van der Waals surface area contributed by atoms with Crippen LogP contribution in [0.5, 0.6) is 11.5 Å². The number of methoxy groups -OCH3 is 2. The van der Waals surface area contributed by atoms with Gasteiger partial charge in [0.15, 0.2) is 10.6 Å². The Morgan fingerprint density at radius 1 is 0.971 bits per heavy atom. The van der Waals surface area contributed by atoms with E-state index in [1.165, 1.54) is 24.1 Å². The van der Waals surface area contributed by atoms with Gasteiger partial charge in [-0.15, -0.1) is 0 Å². The number of benzene rings is 1. The number of nitrogens with zero attached hydrogens (tertiary/aromatic N) is 1. The Kier molecular flexibility index (Phi) is 6.90. The van der Waals surface area contributed by atoms with Crippen LogP contribution in [0, 0.1) is 5.92 Å². The van der Waals surface area contributed by atoms with Gasteiger partial charge in [-0.1, -0.05) is 44.2 Å². The van der Waals surface area contributed by atoms with E-state index < -0.39 is 10.0 Å². The number of hydrogen-bond donors (Lipinski definition) is 0. The van der Waals surface area contributed by atoms with Crippen LogP contribution >= 0.6 is 0 Å². The van der Waals surface area contributed by atoms with Crippen molar-refractivity contribution in [2.75, 3.05) is 40.5 Å². The summed E-state index contributed by atoms with van der Waals surface area (Å²) in [4.78, 5) is 0.0599. The second kappa shape index (κ2) is 9.56. The van der Waals surface area contributed by atoms with Gasteiger partial charge in [0.05, 0.1) is 27.4 Å². The van der Waals surface area contributed by atoms with Crippen LogP contribution in [-0.2, 0) is 14.8 Å². The van der Waals surface area contributed by atoms with Crippen LogP contribution in [0.1, 0.15) is 38.8 Å². The minimum Gasteiger partial charge on any atom is -0.495 e. The van der Waals surface area contributed by atoms with Crippen LogP contribution in [0.3, 0.4) is 0 Å². The van der Waals surface area contributed by atoms with Gasteiger partial charge >= 0.3 is 0 Å². The topological polar surface area (TPSA) is 65.1 Å². The molecule has 4 rings (SSSR count). The molecule has 0 unspecified atom stereocenters. The van der Waals surface area contributed by atoms with Gasteiger partial charge in [-0.2, -0.15) is 4.31 Å². The summed E-state index contributed by atoms with van der Waals surface area (Å²) in [5, 5.41) is 0. The van der Waals surface area contributed by atoms with E-state index in [0.717, 1.165) is 33.4 Å². The summed E-state index contributed by atoms with van der Waals surface area (Å²) in [6, 6.07) is 1.84. The van der Waals surface area contributed by atoms with Gasteiger partial charge in [-0.05, 0) is 59.3 Å². The Hall–Kier alpha value is -2.61. The smallest absolute Gasteiger partial charge is 0.250 e. The van der Waals surface area contributed by atoms with Crippen molar-refractivity contribution in [3.05, 3.63) is 63.8 Å². The summed E-state index contributed by atoms with van der Waals surface area (Å²) in [6.07, 6.45) is 10.5. The molecule has 0 atom stereocenters. The largest absolute Gasteiger partial charge is 0.495 e. The van der Waals surface area contributed by atoms with Gasteiger partial charge in [0.25, 0.3) is 10.0 Å². The highest BCUT2D eigenvalue weighted by molar-refractivity contribution is 7.89. The molecule has 1 aromatic rings. The average molecular weight is 484 g/mol. The molecule has 1 aliphatic heterocycles. The molecule has 7 heteroatoms. The number of morpholine rings is 1. The second-order valence-corrected chi connectivity index (χ2v) is 10.9. The normalized spacial score (nSPS) is 19.0. The van der Waals surface area contributed by atoms with E-state index in [2.05, 4.69) is 45.9 Å². The van der Waals surface area contributed by atoms with Gasteiger partial charge in [0.2, 0.25) is 0 Å². The maximum absolute atomic E-state index is 13.7. The highest BCUT2D eigenvalue weighted by Gasteiger charge is 2.36. The lowest BCUT2D eigenvalue weighted by atomic mass is 9.89. The van der Waals surface area contributed by atoms with E-state index in [0.29, 0.717) is 38.0 Å². The molecule has 6 nitrogen and oxygen atoms in total. The third-order valence-corrected chi connectivity index (χ3v) is 8.54. The highest BCUT2D eigenvalue weighted by Crippen LogP contribution is 2.47. The lowest BCUT2D eigenvalue weighted by Crippen LogP contribution is -2.40. The fourth-order valence-electron chi connectivity index (χ4n) is 4.65. The van der Waals surface area contributed by atoms with Crippen molar-refractivity contribution in [2.24, 2.45) is 5.92 Å². The number of hydrogen-bond acceptors (Lipinski definition) is 5. The van der Waals surface area contributed by atoms with Crippen LogP contribution in [0.2, 0.25) is 0 Å². The molecule has 0 aromatic heterocycles. The predicted octanol–water partition coefficient (Wildman–Crippen LogP) is 4.99. The highest BCUT2D eigenvalue weighted by atomic mass is 32.2. The fraction of sp³-hybridized carbons (Fsp3) is 0.407. The molecule has 182 valence electrons. The Morgan fingerprint density at radius 2 is 1.65 bits per heavy atom. The predicted molar refractivity (Wildman–Crippen MR) is 136 cm³/mol. The first kappa shape index (κ1) is 24.5. The van der Waals surface area contributed by atoms with Gasteiger partial charge in [0, 0.05) is 18.7 Å². The third-order valence-electron chi connectivity index (χ3n) is 6.59. The van der Waals surface area contributed by atoms with Crippen LogP contribution in [0.25, 0.3) is 11.6 Å². The Labute approximate surface area is 202 Å². The van der Waals surface area contributed by atoms with Gasteiger partial charge < -0.3 is 14.2 Å². The van der Waals surface area contributed by atoms with E-state index in [-0.39, 0.29) is 10.6 Å². The molecule has 0 bridgehead atoms. The maximum atomic E-state index is 13.7. The van der Waals surface area contributed by atoms with Crippen LogP contribution in [0.15, 0.2) is 57.6 Å². The van der Waals surface area contributed by atoms with Gasteiger partial charge in [-0.25, -0.2) is 8.42 Å². The van der Waals surface area contributed by atoms with Crippen LogP contribution < -0.4 is 9.47 Å². The van der Waals surface area contributed by atoms with Crippen LogP contribution in [-0.4, -0.2) is 53.2 Å². The van der Waals surface area contributed by atoms with Crippen molar-refractivity contribution < 1.29 is 22.6 Å². The summed E-state index contributed by atoms with van der Waals surface area (Å²) in [6.45, 7) is 9.86. The summed E-state index contributed by atoms with van der Waals surface area (Å²) in [5.41, 5.74) is 7.23. The molecule has 0 amide bonds. The third kappa shape index (κ3) is 4.17. The molecule has 2 aliphatic carbocycles. The SMILES string of the molecule is COc1cc2c(c(OC)c1S(=O)(=O)N1CCOCC1)C=CC(C)=C1C=C(C(C)C)C=CC(C)=C12. The molecule has 0 N–H and O–H groups in total. The first-order valence-corrected chi connectivity index (χ1v) is 13.0. The minimum absolute atomic E-state index is 0.0599. The summed E-state index contributed by atoms with van der Waals surface area (Å²) in [7, 11) is -0.851. The Morgan fingerprint density at radius 3 is 2.26 bits per heavy atom. The molecular weight excluding hydrogens is 450 g/mol. The number of allylic oxidation sites excluding steroid dienone is 9. The molecule has 1 saturated heterocycles. The number of sulfonamides is 1. The standard InChI is InChI=1S/C27H33NO5S/c1-17(2)20-9-7-19(4)25-22(15-20)18(3)8-10-21-23(25)16-24(31-5)27(26(21)32-6)34(29,30)28-11-13-33-14-12-28/h7-10,15-17H,11-14H2,1-6H3. The van der Waals surface area contributed by atoms with Gasteiger partial charge in [0.1, 0.15) is 5.75 Å². The van der Waals surface area contributed by atoms with Crippen molar-refractivity contribution in [3.63, 3.8) is 0 Å². The maximum Gasteiger partial charge on any atom is 0.250 e. The lowest BCUT2D eigenvalue weighted by Gasteiger charge is -2.28. The Balaban J connectivity index is 2.01. The molecule has 34 heavy (non-hydrogen) atoms. The molecule has 3 aliphatic rings. The van der Waals surface area contributed by atoms with E-state index in [1.54, 1.807) is 0 Å². The average Bonchev–Trinajstić information content (AvgIpc) is 3.08. The minimum atomic E-state index is -3.86. The monoisotopic (exact) mass is 483 g/mol. The van der Waals surface area contributed by atoms with E-state index in [1.807, 2.05) is 18.2 Å². The number of rotatable bonds is 5. The van der Waals surface area contributed by atoms with Crippen LogP contribution in [0.4, 0.5) is 0 Å². The lowest BCUT2D eigenvalue weighted by molar-refractivity contribution is 0.0729. The molecule has 0 saturated carbocycles. The second-order valence-electron chi connectivity index (χ2n) is 9.04. The molecule has 1 aromatic carbocycles. The molecule has 0 radical (unpaired) electrons. The summed E-state index contributed by atoms with van der Waals surface area (Å²) < 4.78 is 45.8. The number of ether oxygens (including phenoxy) is 3. The van der Waals surface area contributed by atoms with Crippen molar-refractivity contribution in [1.29, 1.82) is 0 Å². The zero-order valence-corrected chi connectivity index (χ0v) is 21.6. The fourth-order valence-corrected chi connectivity index (χ4v) is 6.36. The van der Waals surface area contributed by atoms with Crippen molar-refractivity contribution in [1.82, 2.24) is 4.31 Å². The van der Waals surface area contributed by atoms with Crippen molar-refractivity contribution in [2.45, 2.75) is 32.6 Å². The number of fused-ring (bicyclic) bond motifs is 3. The molecule has 1 heterocycles. The first-order chi connectivity index (χ1) is 16.2.